The van der Waals surface area contributed by atoms with E-state index in [2.05, 4.69) is 31.2 Å². The molecule has 0 radical (unpaired) electrons. The first kappa shape index (κ1) is 25.0. The summed E-state index contributed by atoms with van der Waals surface area (Å²) >= 11 is 6.76. The first-order valence-electron chi connectivity index (χ1n) is 11.2. The standard InChI is InChI=1S/C26H29NO4S2/c1-3-30-24(28)11-5-4-8-16-27-25(29)23(33-26(27)32)17-21-9-6-7-10-22(21)31-18-20-14-12-19(2)13-15-20/h6-7,9-10,12-15,17H,3-5,8,11,16,18H2,1-2H3/b23-17+. The van der Waals surface area contributed by atoms with Gasteiger partial charge in [0.1, 0.15) is 16.7 Å². The number of thiocarbonyl (C=S) groups is 1. The number of thioether (sulfide) groups is 1. The molecule has 174 valence electrons. The normalized spacial score (nSPS) is 14.7. The van der Waals surface area contributed by atoms with Gasteiger partial charge >= 0.3 is 5.97 Å². The predicted molar refractivity (Wildman–Crippen MR) is 137 cm³/mol. The minimum absolute atomic E-state index is 0.0799. The van der Waals surface area contributed by atoms with Crippen LogP contribution in [0.1, 0.15) is 49.3 Å². The molecule has 1 saturated heterocycles. The summed E-state index contributed by atoms with van der Waals surface area (Å²) < 4.78 is 11.5. The zero-order chi connectivity index (χ0) is 23.6. The van der Waals surface area contributed by atoms with Crippen molar-refractivity contribution in [3.05, 3.63) is 70.1 Å². The Kier molecular flexibility index (Phi) is 9.51. The van der Waals surface area contributed by atoms with Gasteiger partial charge in [-0.1, -0.05) is 78.4 Å². The van der Waals surface area contributed by atoms with Gasteiger partial charge in [0.25, 0.3) is 5.91 Å². The Morgan fingerprint density at radius 2 is 1.85 bits per heavy atom. The number of benzene rings is 2. The third kappa shape index (κ3) is 7.44. The van der Waals surface area contributed by atoms with E-state index in [-0.39, 0.29) is 11.9 Å². The molecule has 1 amide bonds. The number of ether oxygens (including phenoxy) is 2. The number of aryl methyl sites for hydroxylation is 1. The fraction of sp³-hybridized carbons (Fsp3) is 0.346. The molecular weight excluding hydrogens is 454 g/mol. The van der Waals surface area contributed by atoms with E-state index in [0.29, 0.717) is 35.4 Å². The van der Waals surface area contributed by atoms with Crippen LogP contribution in [0, 0.1) is 6.92 Å². The van der Waals surface area contributed by atoms with Crippen LogP contribution in [0.3, 0.4) is 0 Å². The molecule has 2 aromatic carbocycles. The van der Waals surface area contributed by atoms with Crippen LogP contribution in [0.4, 0.5) is 0 Å². The second-order valence-corrected chi connectivity index (χ2v) is 9.44. The molecule has 1 aliphatic heterocycles. The number of rotatable bonds is 11. The van der Waals surface area contributed by atoms with E-state index in [1.807, 2.05) is 30.3 Å². The van der Waals surface area contributed by atoms with Gasteiger partial charge in [0.2, 0.25) is 0 Å². The maximum Gasteiger partial charge on any atom is 0.305 e. The van der Waals surface area contributed by atoms with Crippen molar-refractivity contribution in [1.29, 1.82) is 0 Å². The van der Waals surface area contributed by atoms with Crippen LogP contribution >= 0.6 is 24.0 Å². The third-order valence-corrected chi connectivity index (χ3v) is 6.54. The van der Waals surface area contributed by atoms with E-state index in [1.54, 1.807) is 11.8 Å². The van der Waals surface area contributed by atoms with E-state index in [0.717, 1.165) is 36.1 Å². The Hall–Kier alpha value is -2.64. The zero-order valence-corrected chi connectivity index (χ0v) is 20.7. The first-order chi connectivity index (χ1) is 16.0. The smallest absolute Gasteiger partial charge is 0.305 e. The lowest BCUT2D eigenvalue weighted by Gasteiger charge is -2.14. The molecule has 0 bridgehead atoms. The summed E-state index contributed by atoms with van der Waals surface area (Å²) in [6, 6.07) is 15.9. The summed E-state index contributed by atoms with van der Waals surface area (Å²) in [4.78, 5) is 26.6. The van der Waals surface area contributed by atoms with Crippen molar-refractivity contribution in [2.75, 3.05) is 13.2 Å². The van der Waals surface area contributed by atoms with E-state index in [1.165, 1.54) is 17.3 Å². The van der Waals surface area contributed by atoms with Crippen LogP contribution in [0.5, 0.6) is 5.75 Å². The number of hydrogen-bond acceptors (Lipinski definition) is 6. The van der Waals surface area contributed by atoms with Gasteiger partial charge in [-0.2, -0.15) is 0 Å². The quantitative estimate of drug-likeness (QED) is 0.172. The number of nitrogens with zero attached hydrogens (tertiary/aromatic N) is 1. The van der Waals surface area contributed by atoms with Crippen molar-refractivity contribution >= 4 is 46.3 Å². The molecule has 0 spiro atoms. The number of unbranched alkanes of at least 4 members (excludes halogenated alkanes) is 2. The molecule has 1 heterocycles. The summed E-state index contributed by atoms with van der Waals surface area (Å²) in [7, 11) is 0. The molecule has 1 fully saturated rings. The van der Waals surface area contributed by atoms with E-state index < -0.39 is 0 Å². The maximum absolute atomic E-state index is 12.9. The molecular formula is C26H29NO4S2. The van der Waals surface area contributed by atoms with Crippen LogP contribution in [0.2, 0.25) is 0 Å². The van der Waals surface area contributed by atoms with Gasteiger partial charge in [-0.15, -0.1) is 0 Å². The molecule has 2 aromatic rings. The molecule has 0 aliphatic carbocycles. The van der Waals surface area contributed by atoms with Crippen LogP contribution in [-0.4, -0.2) is 34.2 Å². The zero-order valence-electron chi connectivity index (χ0n) is 19.0. The predicted octanol–water partition coefficient (Wildman–Crippen LogP) is 5.90. The van der Waals surface area contributed by atoms with Crippen molar-refractivity contribution in [1.82, 2.24) is 4.90 Å². The highest BCUT2D eigenvalue weighted by Crippen LogP contribution is 2.34. The first-order valence-corrected chi connectivity index (χ1v) is 12.4. The number of carbonyl (C=O) groups excluding carboxylic acids is 2. The summed E-state index contributed by atoms with van der Waals surface area (Å²) in [6.07, 6.45) is 4.63. The summed E-state index contributed by atoms with van der Waals surface area (Å²) in [5.41, 5.74) is 3.14. The Labute approximate surface area is 205 Å². The fourth-order valence-corrected chi connectivity index (χ4v) is 4.66. The SMILES string of the molecule is CCOC(=O)CCCCCN1C(=O)/C(=C\c2ccccc2OCc2ccc(C)cc2)SC1=S. The number of carbonyl (C=O) groups is 2. The van der Waals surface area contributed by atoms with Crippen molar-refractivity contribution in [2.45, 2.75) is 46.1 Å². The van der Waals surface area contributed by atoms with Gasteiger partial charge in [0.05, 0.1) is 11.5 Å². The van der Waals surface area contributed by atoms with Crippen molar-refractivity contribution in [3.63, 3.8) is 0 Å². The van der Waals surface area contributed by atoms with Crippen molar-refractivity contribution in [2.24, 2.45) is 0 Å². The lowest BCUT2D eigenvalue weighted by Crippen LogP contribution is -2.29. The molecule has 0 N–H and O–H groups in total. The van der Waals surface area contributed by atoms with E-state index in [4.69, 9.17) is 21.7 Å². The lowest BCUT2D eigenvalue weighted by atomic mass is 10.1. The van der Waals surface area contributed by atoms with Crippen molar-refractivity contribution < 1.29 is 19.1 Å². The van der Waals surface area contributed by atoms with Crippen LogP contribution in [-0.2, 0) is 20.9 Å². The average molecular weight is 484 g/mol. The maximum atomic E-state index is 12.9. The van der Waals surface area contributed by atoms with Gasteiger partial charge in [-0.25, -0.2) is 0 Å². The molecule has 5 nitrogen and oxygen atoms in total. The highest BCUT2D eigenvalue weighted by Gasteiger charge is 2.31. The molecule has 0 aromatic heterocycles. The molecule has 1 aliphatic rings. The van der Waals surface area contributed by atoms with Gasteiger partial charge < -0.3 is 9.47 Å². The summed E-state index contributed by atoms with van der Waals surface area (Å²) in [5.74, 6) is 0.473. The molecule has 0 unspecified atom stereocenters. The van der Waals surface area contributed by atoms with Crippen LogP contribution in [0.25, 0.3) is 6.08 Å². The monoisotopic (exact) mass is 483 g/mol. The number of amides is 1. The molecule has 0 saturated carbocycles. The Balaban J connectivity index is 1.57. The lowest BCUT2D eigenvalue weighted by molar-refractivity contribution is -0.143. The van der Waals surface area contributed by atoms with Crippen molar-refractivity contribution in [3.8, 4) is 5.75 Å². The number of esters is 1. The topological polar surface area (TPSA) is 55.8 Å². The van der Waals surface area contributed by atoms with E-state index >= 15 is 0 Å². The van der Waals surface area contributed by atoms with Crippen LogP contribution in [0.15, 0.2) is 53.4 Å². The molecule has 3 rings (SSSR count). The minimum atomic E-state index is -0.172. The van der Waals surface area contributed by atoms with Gasteiger partial charge in [-0.3, -0.25) is 14.5 Å². The Morgan fingerprint density at radius 3 is 2.61 bits per heavy atom. The fourth-order valence-electron chi connectivity index (χ4n) is 3.36. The van der Waals surface area contributed by atoms with Crippen LogP contribution < -0.4 is 4.74 Å². The third-order valence-electron chi connectivity index (χ3n) is 5.16. The number of para-hydroxylation sites is 1. The second kappa shape index (κ2) is 12.6. The summed E-state index contributed by atoms with van der Waals surface area (Å²) in [6.45, 7) is 5.27. The Bertz CT molecular complexity index is 1020. The molecule has 0 atom stereocenters. The molecule has 33 heavy (non-hydrogen) atoms. The van der Waals surface area contributed by atoms with Gasteiger partial charge in [-0.05, 0) is 44.4 Å². The Morgan fingerprint density at radius 1 is 1.09 bits per heavy atom. The highest BCUT2D eigenvalue weighted by molar-refractivity contribution is 8.26. The molecule has 7 heteroatoms. The van der Waals surface area contributed by atoms with Gasteiger partial charge in [0, 0.05) is 18.5 Å². The van der Waals surface area contributed by atoms with Gasteiger partial charge in [0.15, 0.2) is 0 Å². The minimum Gasteiger partial charge on any atom is -0.488 e. The number of hydrogen-bond donors (Lipinski definition) is 0. The highest BCUT2D eigenvalue weighted by atomic mass is 32.2. The second-order valence-electron chi connectivity index (χ2n) is 7.76. The van der Waals surface area contributed by atoms with E-state index in [9.17, 15) is 9.59 Å². The summed E-state index contributed by atoms with van der Waals surface area (Å²) in [5, 5.41) is 0. The average Bonchev–Trinajstić information content (AvgIpc) is 3.06. The largest absolute Gasteiger partial charge is 0.488 e.